The topological polar surface area (TPSA) is 46.2 Å². The highest BCUT2D eigenvalue weighted by Crippen LogP contribution is 2.29. The van der Waals surface area contributed by atoms with Gasteiger partial charge in [0.05, 0.1) is 12.1 Å². The molecule has 0 aromatic heterocycles. The van der Waals surface area contributed by atoms with Crippen molar-refractivity contribution in [3.8, 4) is 0 Å². The standard InChI is InChI=1S/C12H17F2NO.ClH/c1-12(2,3)11(16)10(15)7-4-8(13)6-9(14)5-7;/h4-6,10-11,16H,15H2,1-3H3;1H/t10-,11-;/m1./s1. The second kappa shape index (κ2) is 5.76. The molecule has 0 heterocycles. The first-order chi connectivity index (χ1) is 7.21. The number of aliphatic hydroxyl groups is 1. The number of nitrogens with two attached hydrogens (primary N) is 1. The molecule has 1 aromatic carbocycles. The molecule has 0 aliphatic heterocycles. The summed E-state index contributed by atoms with van der Waals surface area (Å²) >= 11 is 0. The summed E-state index contributed by atoms with van der Waals surface area (Å²) in [5, 5.41) is 9.92. The van der Waals surface area contributed by atoms with Gasteiger partial charge in [-0.15, -0.1) is 12.4 Å². The van der Waals surface area contributed by atoms with Crippen LogP contribution in [-0.2, 0) is 0 Å². The fourth-order valence-electron chi connectivity index (χ4n) is 1.49. The van der Waals surface area contributed by atoms with E-state index in [4.69, 9.17) is 5.73 Å². The Morgan fingerprint density at radius 1 is 1.12 bits per heavy atom. The lowest BCUT2D eigenvalue weighted by Crippen LogP contribution is -2.37. The van der Waals surface area contributed by atoms with E-state index in [0.717, 1.165) is 18.2 Å². The van der Waals surface area contributed by atoms with Gasteiger partial charge in [0.1, 0.15) is 11.6 Å². The van der Waals surface area contributed by atoms with E-state index >= 15 is 0 Å². The highest BCUT2D eigenvalue weighted by molar-refractivity contribution is 5.85. The van der Waals surface area contributed by atoms with Crippen LogP contribution < -0.4 is 5.73 Å². The zero-order chi connectivity index (χ0) is 12.5. The maximum absolute atomic E-state index is 13.0. The molecule has 2 nitrogen and oxygen atoms in total. The van der Waals surface area contributed by atoms with Gasteiger partial charge in [-0.25, -0.2) is 8.78 Å². The Balaban J connectivity index is 0.00000256. The van der Waals surface area contributed by atoms with Gasteiger partial charge in [-0.1, -0.05) is 20.8 Å². The van der Waals surface area contributed by atoms with Crippen molar-refractivity contribution in [2.45, 2.75) is 32.9 Å². The number of hydrogen-bond acceptors (Lipinski definition) is 2. The van der Waals surface area contributed by atoms with Crippen molar-refractivity contribution in [2.75, 3.05) is 0 Å². The number of benzene rings is 1. The molecule has 0 amide bonds. The Kier molecular flexibility index (Phi) is 5.52. The second-order valence-electron chi connectivity index (χ2n) is 5.04. The third-order valence-corrected chi connectivity index (χ3v) is 2.50. The Morgan fingerprint density at radius 2 is 1.53 bits per heavy atom. The van der Waals surface area contributed by atoms with Crippen LogP contribution in [0.4, 0.5) is 8.78 Å². The Bertz CT molecular complexity index is 359. The third kappa shape index (κ3) is 4.22. The van der Waals surface area contributed by atoms with Gasteiger partial charge in [0.25, 0.3) is 0 Å². The first kappa shape index (κ1) is 16.3. The molecule has 1 aromatic rings. The summed E-state index contributed by atoms with van der Waals surface area (Å²) in [5.41, 5.74) is 5.60. The van der Waals surface area contributed by atoms with Crippen LogP contribution in [0, 0.1) is 17.0 Å². The van der Waals surface area contributed by atoms with Gasteiger partial charge >= 0.3 is 0 Å². The Morgan fingerprint density at radius 3 is 1.88 bits per heavy atom. The van der Waals surface area contributed by atoms with Crippen LogP contribution in [-0.4, -0.2) is 11.2 Å². The van der Waals surface area contributed by atoms with Crippen molar-refractivity contribution in [1.29, 1.82) is 0 Å². The number of hydrogen-bond donors (Lipinski definition) is 2. The summed E-state index contributed by atoms with van der Waals surface area (Å²) in [4.78, 5) is 0. The fourth-order valence-corrected chi connectivity index (χ4v) is 1.49. The quantitative estimate of drug-likeness (QED) is 0.864. The summed E-state index contributed by atoms with van der Waals surface area (Å²) in [5.74, 6) is -1.38. The minimum atomic E-state index is -0.867. The van der Waals surface area contributed by atoms with Crippen molar-refractivity contribution < 1.29 is 13.9 Å². The van der Waals surface area contributed by atoms with Gasteiger partial charge in [-0.05, 0) is 23.1 Å². The summed E-state index contributed by atoms with van der Waals surface area (Å²) in [6.45, 7) is 5.44. The average Bonchev–Trinajstić information content (AvgIpc) is 2.12. The van der Waals surface area contributed by atoms with E-state index < -0.39 is 29.2 Å². The molecule has 0 radical (unpaired) electrons. The number of halogens is 3. The van der Waals surface area contributed by atoms with Gasteiger partial charge in [0.2, 0.25) is 0 Å². The first-order valence-electron chi connectivity index (χ1n) is 5.11. The summed E-state index contributed by atoms with van der Waals surface area (Å²) in [6, 6.07) is 2.26. The summed E-state index contributed by atoms with van der Waals surface area (Å²) in [7, 11) is 0. The van der Waals surface area contributed by atoms with E-state index in [1.54, 1.807) is 0 Å². The van der Waals surface area contributed by atoms with E-state index in [9.17, 15) is 13.9 Å². The van der Waals surface area contributed by atoms with Crippen molar-refractivity contribution in [3.63, 3.8) is 0 Å². The maximum Gasteiger partial charge on any atom is 0.126 e. The van der Waals surface area contributed by atoms with Gasteiger partial charge in [-0.3, -0.25) is 0 Å². The zero-order valence-corrected chi connectivity index (χ0v) is 10.9. The van der Waals surface area contributed by atoms with Crippen molar-refractivity contribution in [1.82, 2.24) is 0 Å². The molecule has 0 fully saturated rings. The van der Waals surface area contributed by atoms with Crippen molar-refractivity contribution in [2.24, 2.45) is 11.1 Å². The molecule has 5 heteroatoms. The molecule has 1 rings (SSSR count). The van der Waals surface area contributed by atoms with E-state index in [1.807, 2.05) is 20.8 Å². The molecule has 0 aliphatic rings. The van der Waals surface area contributed by atoms with Gasteiger partial charge in [0.15, 0.2) is 0 Å². The molecule has 0 saturated carbocycles. The molecule has 17 heavy (non-hydrogen) atoms. The maximum atomic E-state index is 13.0. The number of aliphatic hydroxyl groups excluding tert-OH is 1. The highest BCUT2D eigenvalue weighted by Gasteiger charge is 2.29. The Labute approximate surface area is 106 Å². The lowest BCUT2D eigenvalue weighted by molar-refractivity contribution is 0.0399. The SMILES string of the molecule is CC(C)(C)[C@H](O)[C@H](N)c1cc(F)cc(F)c1.Cl. The Hall–Kier alpha value is -0.710. The van der Waals surface area contributed by atoms with E-state index in [1.165, 1.54) is 0 Å². The molecule has 0 saturated heterocycles. The molecule has 3 N–H and O–H groups in total. The van der Waals surface area contributed by atoms with Crippen molar-refractivity contribution >= 4 is 12.4 Å². The van der Waals surface area contributed by atoms with Crippen LogP contribution >= 0.6 is 12.4 Å². The van der Waals surface area contributed by atoms with Crippen LogP contribution in [0.5, 0.6) is 0 Å². The lowest BCUT2D eigenvalue weighted by atomic mass is 9.82. The normalized spacial score (nSPS) is 15.0. The van der Waals surface area contributed by atoms with E-state index in [0.29, 0.717) is 0 Å². The minimum Gasteiger partial charge on any atom is -0.391 e. The van der Waals surface area contributed by atoms with Gasteiger partial charge in [-0.2, -0.15) is 0 Å². The van der Waals surface area contributed by atoms with Crippen LogP contribution in [0.1, 0.15) is 32.4 Å². The van der Waals surface area contributed by atoms with Crippen LogP contribution in [0.2, 0.25) is 0 Å². The van der Waals surface area contributed by atoms with Crippen LogP contribution in [0.15, 0.2) is 18.2 Å². The van der Waals surface area contributed by atoms with Crippen molar-refractivity contribution in [3.05, 3.63) is 35.4 Å². The predicted molar refractivity (Wildman–Crippen MR) is 66.0 cm³/mol. The average molecular weight is 266 g/mol. The summed E-state index contributed by atoms with van der Waals surface area (Å²) < 4.78 is 25.9. The van der Waals surface area contributed by atoms with Gasteiger partial charge in [0, 0.05) is 6.07 Å². The number of rotatable bonds is 2. The molecule has 0 aliphatic carbocycles. The monoisotopic (exact) mass is 265 g/mol. The second-order valence-corrected chi connectivity index (χ2v) is 5.04. The smallest absolute Gasteiger partial charge is 0.126 e. The first-order valence-corrected chi connectivity index (χ1v) is 5.11. The molecule has 0 bridgehead atoms. The van der Waals surface area contributed by atoms with E-state index in [-0.39, 0.29) is 18.0 Å². The summed E-state index contributed by atoms with van der Waals surface area (Å²) in [6.07, 6.45) is -0.867. The molecular formula is C12H18ClF2NO. The van der Waals surface area contributed by atoms with E-state index in [2.05, 4.69) is 0 Å². The predicted octanol–water partition coefficient (Wildman–Crippen LogP) is 2.79. The molecule has 0 unspecified atom stereocenters. The highest BCUT2D eigenvalue weighted by atomic mass is 35.5. The molecule has 98 valence electrons. The van der Waals surface area contributed by atoms with Crippen LogP contribution in [0.3, 0.4) is 0 Å². The van der Waals surface area contributed by atoms with Gasteiger partial charge < -0.3 is 10.8 Å². The molecular weight excluding hydrogens is 248 g/mol. The fraction of sp³-hybridized carbons (Fsp3) is 0.500. The third-order valence-electron chi connectivity index (χ3n) is 2.50. The largest absolute Gasteiger partial charge is 0.391 e. The molecule has 0 spiro atoms. The molecule has 2 atom stereocenters. The minimum absolute atomic E-state index is 0. The van der Waals surface area contributed by atoms with Crippen LogP contribution in [0.25, 0.3) is 0 Å². The zero-order valence-electron chi connectivity index (χ0n) is 10.1. The lowest BCUT2D eigenvalue weighted by Gasteiger charge is -2.31.